The molecule has 5 heteroatoms. The standard InChI is InChI=1S/C11H12ClN3O/c1-3-16-15-7(2)11-13-9-5-4-8(12)6-10(9)14-11/h4-6H,3H2,1-2H3,(H,13,14)/b15-7+. The molecule has 0 aliphatic rings. The number of imidazole rings is 1. The number of oxime groups is 1. The van der Waals surface area contributed by atoms with E-state index in [1.165, 1.54) is 0 Å². The summed E-state index contributed by atoms with van der Waals surface area (Å²) in [6.07, 6.45) is 0. The smallest absolute Gasteiger partial charge is 0.156 e. The molecule has 0 aliphatic carbocycles. The third kappa shape index (κ3) is 2.17. The minimum atomic E-state index is 0.545. The van der Waals surface area contributed by atoms with Crippen LogP contribution in [0.1, 0.15) is 19.7 Å². The highest BCUT2D eigenvalue weighted by Gasteiger charge is 2.06. The van der Waals surface area contributed by atoms with Crippen molar-refractivity contribution in [1.29, 1.82) is 0 Å². The molecule has 0 unspecified atom stereocenters. The second kappa shape index (κ2) is 4.53. The Morgan fingerprint density at radius 3 is 3.12 bits per heavy atom. The van der Waals surface area contributed by atoms with Gasteiger partial charge in [-0.15, -0.1) is 0 Å². The highest BCUT2D eigenvalue weighted by Crippen LogP contribution is 2.17. The van der Waals surface area contributed by atoms with Crippen molar-refractivity contribution >= 4 is 28.3 Å². The van der Waals surface area contributed by atoms with E-state index in [9.17, 15) is 0 Å². The Balaban J connectivity index is 2.39. The van der Waals surface area contributed by atoms with Crippen molar-refractivity contribution in [2.45, 2.75) is 13.8 Å². The van der Waals surface area contributed by atoms with E-state index in [4.69, 9.17) is 16.4 Å². The van der Waals surface area contributed by atoms with Gasteiger partial charge in [-0.2, -0.15) is 0 Å². The van der Waals surface area contributed by atoms with Crippen LogP contribution in [0, 0.1) is 0 Å². The van der Waals surface area contributed by atoms with Gasteiger partial charge in [-0.25, -0.2) is 4.98 Å². The molecule has 1 aromatic heterocycles. The molecule has 0 saturated carbocycles. The minimum absolute atomic E-state index is 0.545. The molecule has 0 radical (unpaired) electrons. The number of aromatic nitrogens is 2. The zero-order valence-electron chi connectivity index (χ0n) is 9.12. The largest absolute Gasteiger partial charge is 0.396 e. The molecule has 84 valence electrons. The van der Waals surface area contributed by atoms with Crippen molar-refractivity contribution in [2.75, 3.05) is 6.61 Å². The van der Waals surface area contributed by atoms with E-state index in [1.807, 2.05) is 32.0 Å². The number of aromatic amines is 1. The van der Waals surface area contributed by atoms with Crippen LogP contribution in [0.25, 0.3) is 11.0 Å². The lowest BCUT2D eigenvalue weighted by Crippen LogP contribution is -1.98. The number of hydrogen-bond acceptors (Lipinski definition) is 3. The van der Waals surface area contributed by atoms with Gasteiger partial charge < -0.3 is 9.82 Å². The van der Waals surface area contributed by atoms with Crippen molar-refractivity contribution < 1.29 is 4.84 Å². The van der Waals surface area contributed by atoms with Gasteiger partial charge in [0.05, 0.1) is 11.0 Å². The predicted octanol–water partition coefficient (Wildman–Crippen LogP) is 2.98. The topological polar surface area (TPSA) is 50.3 Å². The van der Waals surface area contributed by atoms with Gasteiger partial charge in [0.2, 0.25) is 0 Å². The van der Waals surface area contributed by atoms with Gasteiger partial charge in [-0.3, -0.25) is 0 Å². The monoisotopic (exact) mass is 237 g/mol. The third-order valence-electron chi connectivity index (χ3n) is 2.12. The van der Waals surface area contributed by atoms with Crippen LogP contribution in [0.2, 0.25) is 5.02 Å². The average Bonchev–Trinajstić information content (AvgIpc) is 2.68. The minimum Gasteiger partial charge on any atom is -0.396 e. The third-order valence-corrected chi connectivity index (χ3v) is 2.35. The Labute approximate surface area is 98.3 Å². The van der Waals surface area contributed by atoms with Crippen molar-refractivity contribution in [1.82, 2.24) is 9.97 Å². The summed E-state index contributed by atoms with van der Waals surface area (Å²) in [5.41, 5.74) is 2.48. The average molecular weight is 238 g/mol. The number of benzene rings is 1. The number of nitrogens with one attached hydrogen (secondary N) is 1. The summed E-state index contributed by atoms with van der Waals surface area (Å²) in [6, 6.07) is 5.51. The molecule has 0 bridgehead atoms. The van der Waals surface area contributed by atoms with Gasteiger partial charge in [-0.1, -0.05) is 16.8 Å². The van der Waals surface area contributed by atoms with Crippen LogP contribution in [-0.2, 0) is 4.84 Å². The number of fused-ring (bicyclic) bond motifs is 1. The van der Waals surface area contributed by atoms with Gasteiger partial charge in [0, 0.05) is 5.02 Å². The molecule has 1 N–H and O–H groups in total. The molecular weight excluding hydrogens is 226 g/mol. The second-order valence-electron chi connectivity index (χ2n) is 3.34. The summed E-state index contributed by atoms with van der Waals surface area (Å²) >= 11 is 5.89. The Hall–Kier alpha value is -1.55. The SMILES string of the molecule is CCO/N=C(\C)c1nc2ccc(Cl)cc2[nH]1. The van der Waals surface area contributed by atoms with Crippen molar-refractivity contribution in [3.63, 3.8) is 0 Å². The molecule has 0 atom stereocenters. The molecule has 0 spiro atoms. The van der Waals surface area contributed by atoms with Gasteiger partial charge in [-0.05, 0) is 32.0 Å². The molecule has 16 heavy (non-hydrogen) atoms. The van der Waals surface area contributed by atoms with E-state index < -0.39 is 0 Å². The first-order valence-corrected chi connectivity index (χ1v) is 5.40. The summed E-state index contributed by atoms with van der Waals surface area (Å²) in [5, 5.41) is 4.60. The van der Waals surface area contributed by atoms with E-state index in [-0.39, 0.29) is 0 Å². The molecule has 0 fully saturated rings. The first kappa shape index (κ1) is 11.0. The summed E-state index contributed by atoms with van der Waals surface area (Å²) in [7, 11) is 0. The van der Waals surface area contributed by atoms with Gasteiger partial charge in [0.25, 0.3) is 0 Å². The van der Waals surface area contributed by atoms with Crippen LogP contribution in [0.3, 0.4) is 0 Å². The highest BCUT2D eigenvalue weighted by molar-refractivity contribution is 6.31. The summed E-state index contributed by atoms with van der Waals surface area (Å²) in [5.74, 6) is 0.700. The van der Waals surface area contributed by atoms with Crippen molar-refractivity contribution in [3.8, 4) is 0 Å². The maximum absolute atomic E-state index is 5.89. The van der Waals surface area contributed by atoms with Crippen LogP contribution in [0.5, 0.6) is 0 Å². The molecule has 1 heterocycles. The van der Waals surface area contributed by atoms with E-state index in [0.717, 1.165) is 11.0 Å². The first-order valence-electron chi connectivity index (χ1n) is 5.03. The lowest BCUT2D eigenvalue weighted by atomic mass is 10.3. The van der Waals surface area contributed by atoms with E-state index in [1.54, 1.807) is 0 Å². The quantitative estimate of drug-likeness (QED) is 0.659. The maximum Gasteiger partial charge on any atom is 0.156 e. The fourth-order valence-electron chi connectivity index (χ4n) is 1.36. The van der Waals surface area contributed by atoms with Crippen LogP contribution in [-0.4, -0.2) is 22.3 Å². The molecule has 0 saturated heterocycles. The van der Waals surface area contributed by atoms with Crippen LogP contribution < -0.4 is 0 Å². The maximum atomic E-state index is 5.89. The molecule has 2 aromatic rings. The zero-order valence-corrected chi connectivity index (χ0v) is 9.88. The summed E-state index contributed by atoms with van der Waals surface area (Å²) in [6.45, 7) is 4.27. The molecular formula is C11H12ClN3O. The highest BCUT2D eigenvalue weighted by atomic mass is 35.5. The number of H-pyrrole nitrogens is 1. The molecule has 0 aliphatic heterocycles. The number of rotatable bonds is 3. The number of hydrogen-bond donors (Lipinski definition) is 1. The summed E-state index contributed by atoms with van der Waals surface area (Å²) in [4.78, 5) is 12.5. The lowest BCUT2D eigenvalue weighted by Gasteiger charge is -1.95. The van der Waals surface area contributed by atoms with Crippen molar-refractivity contribution in [3.05, 3.63) is 29.0 Å². The van der Waals surface area contributed by atoms with Gasteiger partial charge in [0.15, 0.2) is 5.82 Å². The first-order chi connectivity index (χ1) is 7.70. The lowest BCUT2D eigenvalue weighted by molar-refractivity contribution is 0.158. The Morgan fingerprint density at radius 1 is 1.56 bits per heavy atom. The van der Waals surface area contributed by atoms with Gasteiger partial charge >= 0.3 is 0 Å². The fraction of sp³-hybridized carbons (Fsp3) is 0.273. The molecule has 1 aromatic carbocycles. The van der Waals surface area contributed by atoms with Gasteiger partial charge in [0.1, 0.15) is 12.3 Å². The Morgan fingerprint density at radius 2 is 2.38 bits per heavy atom. The van der Waals surface area contributed by atoms with Crippen LogP contribution >= 0.6 is 11.6 Å². The predicted molar refractivity (Wildman–Crippen MR) is 64.9 cm³/mol. The van der Waals surface area contributed by atoms with Crippen molar-refractivity contribution in [2.24, 2.45) is 5.16 Å². The normalized spacial score (nSPS) is 12.1. The Kier molecular flexibility index (Phi) is 3.10. The molecule has 2 rings (SSSR count). The van der Waals surface area contributed by atoms with E-state index in [2.05, 4.69) is 15.1 Å². The Bertz CT molecular complexity index is 533. The van der Waals surface area contributed by atoms with Crippen LogP contribution in [0.4, 0.5) is 0 Å². The summed E-state index contributed by atoms with van der Waals surface area (Å²) < 4.78 is 0. The van der Waals surface area contributed by atoms with Crippen LogP contribution in [0.15, 0.2) is 23.4 Å². The number of halogens is 1. The zero-order chi connectivity index (χ0) is 11.5. The van der Waals surface area contributed by atoms with E-state index >= 15 is 0 Å². The second-order valence-corrected chi connectivity index (χ2v) is 3.78. The fourth-order valence-corrected chi connectivity index (χ4v) is 1.53. The molecule has 4 nitrogen and oxygen atoms in total. The number of nitrogens with zero attached hydrogens (tertiary/aromatic N) is 2. The van der Waals surface area contributed by atoms with E-state index in [0.29, 0.717) is 23.2 Å². The molecule has 0 amide bonds.